The Labute approximate surface area is 192 Å². The van der Waals surface area contributed by atoms with Crippen LogP contribution in [-0.4, -0.2) is 51.0 Å². The van der Waals surface area contributed by atoms with Crippen molar-refractivity contribution in [3.05, 3.63) is 46.2 Å². The summed E-state index contributed by atoms with van der Waals surface area (Å²) in [5.41, 5.74) is 0.748. The van der Waals surface area contributed by atoms with Crippen LogP contribution in [0.15, 0.2) is 24.3 Å². The first kappa shape index (κ1) is 22.3. The Kier molecular flexibility index (Phi) is 5.99. The summed E-state index contributed by atoms with van der Waals surface area (Å²) in [5, 5.41) is 10.9. The summed E-state index contributed by atoms with van der Waals surface area (Å²) in [6, 6.07) is 6.77. The molecule has 0 unspecified atom stereocenters. The Morgan fingerprint density at radius 1 is 1.19 bits per heavy atom. The van der Waals surface area contributed by atoms with Gasteiger partial charge in [0.1, 0.15) is 11.2 Å². The molecular weight excluding hydrogens is 430 g/mol. The van der Waals surface area contributed by atoms with Gasteiger partial charge >= 0.3 is 0 Å². The number of rotatable bonds is 4. The highest BCUT2D eigenvalue weighted by Gasteiger charge is 2.46. The lowest BCUT2D eigenvalue weighted by molar-refractivity contribution is -0.133. The molecule has 1 atom stereocenters. The van der Waals surface area contributed by atoms with Gasteiger partial charge in [-0.2, -0.15) is 5.10 Å². The fourth-order valence-corrected chi connectivity index (χ4v) is 4.61. The highest BCUT2D eigenvalue weighted by atomic mass is 35.5. The van der Waals surface area contributed by atoms with Crippen LogP contribution in [0.4, 0.5) is 5.69 Å². The molecule has 2 aliphatic rings. The van der Waals surface area contributed by atoms with Gasteiger partial charge in [0, 0.05) is 29.9 Å². The predicted octanol–water partition coefficient (Wildman–Crippen LogP) is 3.39. The summed E-state index contributed by atoms with van der Waals surface area (Å²) in [5.74, 6) is -0.961. The molecule has 4 rings (SSSR count). The zero-order valence-electron chi connectivity index (χ0n) is 18.6. The lowest BCUT2D eigenvalue weighted by Crippen LogP contribution is -2.63. The molecule has 1 aliphatic heterocycles. The lowest BCUT2D eigenvalue weighted by Gasteiger charge is -2.41. The molecule has 3 amide bonds. The Morgan fingerprint density at radius 3 is 2.59 bits per heavy atom. The third-order valence-corrected chi connectivity index (χ3v) is 6.84. The average Bonchev–Trinajstić information content (AvgIpc) is 3.18. The van der Waals surface area contributed by atoms with E-state index in [-0.39, 0.29) is 35.8 Å². The van der Waals surface area contributed by atoms with E-state index in [2.05, 4.69) is 15.7 Å². The Bertz CT molecular complexity index is 1080. The van der Waals surface area contributed by atoms with Crippen LogP contribution in [0.25, 0.3) is 0 Å². The van der Waals surface area contributed by atoms with Crippen molar-refractivity contribution in [2.75, 3.05) is 12.4 Å². The quantitative estimate of drug-likeness (QED) is 0.735. The standard InChI is InChI=1S/C23H28ClN5O3/c1-14-11-15(24)9-10-17(14)26-20(30)18-12-19-21(31)28(3)23(2,13-29(19)27-18)22(32)25-16-7-5-4-6-8-16/h9-12,16H,4-8,13H2,1-3H3,(H,25,32)(H,26,30)/t23-/m0/s1. The number of aromatic nitrogens is 2. The maximum Gasteiger partial charge on any atom is 0.276 e. The number of fused-ring (bicyclic) bond motifs is 1. The van der Waals surface area contributed by atoms with Crippen LogP contribution in [0.2, 0.25) is 5.02 Å². The fourth-order valence-electron chi connectivity index (χ4n) is 4.38. The van der Waals surface area contributed by atoms with Gasteiger partial charge < -0.3 is 15.5 Å². The first-order chi connectivity index (χ1) is 15.2. The number of carbonyl (C=O) groups is 3. The van der Waals surface area contributed by atoms with Crippen molar-refractivity contribution in [3.63, 3.8) is 0 Å². The number of nitrogens with one attached hydrogen (secondary N) is 2. The van der Waals surface area contributed by atoms with Crippen molar-refractivity contribution >= 4 is 35.0 Å². The highest BCUT2D eigenvalue weighted by molar-refractivity contribution is 6.30. The second kappa shape index (κ2) is 8.58. The number of halogens is 1. The van der Waals surface area contributed by atoms with E-state index in [9.17, 15) is 14.4 Å². The van der Waals surface area contributed by atoms with E-state index in [1.165, 1.54) is 22.1 Å². The third kappa shape index (κ3) is 4.11. The van der Waals surface area contributed by atoms with Gasteiger partial charge in [0.05, 0.1) is 6.54 Å². The summed E-state index contributed by atoms with van der Waals surface area (Å²) >= 11 is 5.98. The van der Waals surface area contributed by atoms with E-state index < -0.39 is 11.4 Å². The van der Waals surface area contributed by atoms with Crippen LogP contribution in [0, 0.1) is 6.92 Å². The molecule has 8 nitrogen and oxygen atoms in total. The molecule has 32 heavy (non-hydrogen) atoms. The summed E-state index contributed by atoms with van der Waals surface area (Å²) < 4.78 is 1.46. The molecule has 2 heterocycles. The largest absolute Gasteiger partial charge is 0.351 e. The molecule has 0 spiro atoms. The number of nitrogens with zero attached hydrogens (tertiary/aromatic N) is 3. The van der Waals surface area contributed by atoms with Crippen molar-refractivity contribution in [2.24, 2.45) is 0 Å². The van der Waals surface area contributed by atoms with Gasteiger partial charge in [-0.3, -0.25) is 19.1 Å². The monoisotopic (exact) mass is 457 g/mol. The van der Waals surface area contributed by atoms with Crippen LogP contribution >= 0.6 is 11.6 Å². The number of hydrogen-bond acceptors (Lipinski definition) is 4. The molecule has 1 fully saturated rings. The van der Waals surface area contributed by atoms with Crippen molar-refractivity contribution < 1.29 is 14.4 Å². The van der Waals surface area contributed by atoms with Crippen LogP contribution in [0.5, 0.6) is 0 Å². The first-order valence-corrected chi connectivity index (χ1v) is 11.3. The molecule has 2 N–H and O–H groups in total. The highest BCUT2D eigenvalue weighted by Crippen LogP contribution is 2.28. The second-order valence-corrected chi connectivity index (χ2v) is 9.37. The number of amides is 3. The molecule has 1 aliphatic carbocycles. The molecule has 1 saturated carbocycles. The van der Waals surface area contributed by atoms with E-state index in [4.69, 9.17) is 11.6 Å². The molecule has 1 aromatic heterocycles. The van der Waals surface area contributed by atoms with Gasteiger partial charge in [-0.15, -0.1) is 0 Å². The van der Waals surface area contributed by atoms with Crippen LogP contribution in [-0.2, 0) is 11.3 Å². The molecule has 0 radical (unpaired) electrons. The molecule has 0 saturated heterocycles. The zero-order valence-corrected chi connectivity index (χ0v) is 19.3. The Balaban J connectivity index is 1.54. The van der Waals surface area contributed by atoms with Crippen molar-refractivity contribution in [3.8, 4) is 0 Å². The fraction of sp³-hybridized carbons (Fsp3) is 0.478. The predicted molar refractivity (Wildman–Crippen MR) is 122 cm³/mol. The minimum atomic E-state index is -1.09. The van der Waals surface area contributed by atoms with Gasteiger partial charge in [-0.1, -0.05) is 30.9 Å². The van der Waals surface area contributed by atoms with E-state index in [1.807, 2.05) is 6.92 Å². The SMILES string of the molecule is Cc1cc(Cl)ccc1NC(=O)c1cc2n(n1)C[C@@](C)(C(=O)NC1CCCCC1)N(C)C2=O. The van der Waals surface area contributed by atoms with Crippen LogP contribution in [0.1, 0.15) is 65.6 Å². The molecule has 2 aromatic rings. The minimum absolute atomic E-state index is 0.119. The van der Waals surface area contributed by atoms with Crippen molar-refractivity contribution in [1.29, 1.82) is 0 Å². The first-order valence-electron chi connectivity index (χ1n) is 10.9. The maximum atomic E-state index is 13.2. The average molecular weight is 458 g/mol. The summed E-state index contributed by atoms with van der Waals surface area (Å²) in [6.07, 6.45) is 5.32. The molecule has 0 bridgehead atoms. The van der Waals surface area contributed by atoms with Crippen molar-refractivity contribution in [1.82, 2.24) is 20.0 Å². The molecule has 9 heteroatoms. The lowest BCUT2D eigenvalue weighted by atomic mass is 9.92. The van der Waals surface area contributed by atoms with E-state index >= 15 is 0 Å². The molecule has 1 aromatic carbocycles. The van der Waals surface area contributed by atoms with Crippen LogP contribution < -0.4 is 10.6 Å². The number of likely N-dealkylation sites (N-methyl/N-ethyl adjacent to an activating group) is 1. The summed E-state index contributed by atoms with van der Waals surface area (Å²) in [6.45, 7) is 3.76. The van der Waals surface area contributed by atoms with Crippen LogP contribution in [0.3, 0.4) is 0 Å². The molecular formula is C23H28ClN5O3. The van der Waals surface area contributed by atoms with E-state index in [0.29, 0.717) is 10.7 Å². The maximum absolute atomic E-state index is 13.2. The smallest absolute Gasteiger partial charge is 0.276 e. The Morgan fingerprint density at radius 2 is 1.91 bits per heavy atom. The van der Waals surface area contributed by atoms with Gasteiger partial charge in [-0.05, 0) is 50.5 Å². The Hall–Kier alpha value is -2.87. The van der Waals surface area contributed by atoms with Crippen molar-refractivity contribution in [2.45, 2.75) is 64.1 Å². The van der Waals surface area contributed by atoms with E-state index in [0.717, 1.165) is 31.2 Å². The number of benzene rings is 1. The number of carbonyl (C=O) groups excluding carboxylic acids is 3. The van der Waals surface area contributed by atoms with E-state index in [1.54, 1.807) is 32.2 Å². The number of aryl methyl sites for hydroxylation is 1. The molecule has 170 valence electrons. The summed E-state index contributed by atoms with van der Waals surface area (Å²) in [4.78, 5) is 40.5. The van der Waals surface area contributed by atoms with Gasteiger partial charge in [0.2, 0.25) is 5.91 Å². The minimum Gasteiger partial charge on any atom is -0.351 e. The zero-order chi connectivity index (χ0) is 23.0. The topological polar surface area (TPSA) is 96.3 Å². The van der Waals surface area contributed by atoms with Gasteiger partial charge in [0.25, 0.3) is 11.8 Å². The summed E-state index contributed by atoms with van der Waals surface area (Å²) in [7, 11) is 1.62. The normalized spacial score (nSPS) is 21.2. The third-order valence-electron chi connectivity index (χ3n) is 6.60. The van der Waals surface area contributed by atoms with Gasteiger partial charge in [0.15, 0.2) is 5.69 Å². The van der Waals surface area contributed by atoms with Gasteiger partial charge in [-0.25, -0.2) is 0 Å². The number of hydrogen-bond donors (Lipinski definition) is 2. The number of anilines is 1. The second-order valence-electron chi connectivity index (χ2n) is 8.93.